The summed E-state index contributed by atoms with van der Waals surface area (Å²) in [6, 6.07) is 16.7. The van der Waals surface area contributed by atoms with Gasteiger partial charge < -0.3 is 4.98 Å². The third-order valence-electron chi connectivity index (χ3n) is 4.43. The fourth-order valence-corrected chi connectivity index (χ4v) is 3.78. The zero-order valence-corrected chi connectivity index (χ0v) is 16.4. The average molecular weight is 404 g/mol. The molecule has 0 saturated carbocycles. The summed E-state index contributed by atoms with van der Waals surface area (Å²) in [5.74, 6) is -0.524. The molecule has 2 aromatic carbocycles. The molecular weight excluding hydrogens is 387 g/mol. The van der Waals surface area contributed by atoms with E-state index in [2.05, 4.69) is 4.98 Å². The summed E-state index contributed by atoms with van der Waals surface area (Å²) in [6.45, 7) is 2.01. The summed E-state index contributed by atoms with van der Waals surface area (Å²) >= 11 is 1.60. The van der Waals surface area contributed by atoms with Crippen molar-refractivity contribution >= 4 is 23.2 Å². The van der Waals surface area contributed by atoms with Crippen LogP contribution in [0.5, 0.6) is 0 Å². The van der Waals surface area contributed by atoms with Gasteiger partial charge in [0, 0.05) is 16.6 Å². The molecule has 0 unspecified atom stereocenters. The number of aromatic nitrogens is 2. The van der Waals surface area contributed by atoms with Gasteiger partial charge in [0.2, 0.25) is 0 Å². The molecule has 0 atom stereocenters. The summed E-state index contributed by atoms with van der Waals surface area (Å²) in [5, 5.41) is 0. The number of imidazole rings is 1. The molecule has 2 aromatic heterocycles. The van der Waals surface area contributed by atoms with Gasteiger partial charge >= 0.3 is 5.69 Å². The van der Waals surface area contributed by atoms with Gasteiger partial charge in [-0.15, -0.1) is 11.3 Å². The van der Waals surface area contributed by atoms with Crippen LogP contribution in [-0.4, -0.2) is 15.3 Å². The number of hydrogen-bond acceptors (Lipinski definition) is 3. The predicted octanol–water partition coefficient (Wildman–Crippen LogP) is 5.24. The van der Waals surface area contributed by atoms with E-state index in [4.69, 9.17) is 0 Å². The highest BCUT2D eigenvalue weighted by Crippen LogP contribution is 2.26. The molecular formula is C23H17FN2O2S. The Kier molecular flexibility index (Phi) is 5.10. The van der Waals surface area contributed by atoms with E-state index in [1.807, 2.05) is 19.1 Å². The van der Waals surface area contributed by atoms with Crippen LogP contribution in [0.1, 0.15) is 20.8 Å². The van der Waals surface area contributed by atoms with Crippen LogP contribution in [-0.2, 0) is 0 Å². The summed E-state index contributed by atoms with van der Waals surface area (Å²) in [4.78, 5) is 30.0. The van der Waals surface area contributed by atoms with E-state index in [9.17, 15) is 14.0 Å². The third-order valence-corrected chi connectivity index (χ3v) is 5.46. The van der Waals surface area contributed by atoms with Crippen LogP contribution in [0.4, 0.5) is 4.39 Å². The Morgan fingerprint density at radius 2 is 1.90 bits per heavy atom. The van der Waals surface area contributed by atoms with Crippen LogP contribution >= 0.6 is 11.3 Å². The number of ketones is 1. The molecule has 2 heterocycles. The first-order valence-corrected chi connectivity index (χ1v) is 9.78. The monoisotopic (exact) mass is 404 g/mol. The molecule has 6 heteroatoms. The summed E-state index contributed by atoms with van der Waals surface area (Å²) in [6.07, 6.45) is 4.81. The van der Waals surface area contributed by atoms with Crippen molar-refractivity contribution in [1.82, 2.24) is 9.55 Å². The van der Waals surface area contributed by atoms with E-state index in [1.165, 1.54) is 22.8 Å². The second-order valence-corrected chi connectivity index (χ2v) is 7.84. The molecule has 4 nitrogen and oxygen atoms in total. The maximum Gasteiger partial charge on any atom is 0.330 e. The second kappa shape index (κ2) is 7.85. The zero-order chi connectivity index (χ0) is 20.4. The number of rotatable bonds is 5. The Hall–Kier alpha value is -3.51. The number of aryl methyl sites for hydroxylation is 1. The maximum atomic E-state index is 13.0. The van der Waals surface area contributed by atoms with Gasteiger partial charge in [0.15, 0.2) is 5.78 Å². The fourth-order valence-electron chi connectivity index (χ4n) is 2.94. The van der Waals surface area contributed by atoms with E-state index >= 15 is 0 Å². The van der Waals surface area contributed by atoms with Crippen molar-refractivity contribution < 1.29 is 9.18 Å². The van der Waals surface area contributed by atoms with Crippen LogP contribution in [0.15, 0.2) is 77.7 Å². The van der Waals surface area contributed by atoms with Crippen molar-refractivity contribution in [1.29, 1.82) is 0 Å². The number of aromatic amines is 1. The predicted molar refractivity (Wildman–Crippen MR) is 114 cm³/mol. The van der Waals surface area contributed by atoms with Crippen LogP contribution in [0.3, 0.4) is 0 Å². The molecule has 0 aliphatic rings. The number of allylic oxidation sites excluding steroid dienone is 1. The van der Waals surface area contributed by atoms with Crippen molar-refractivity contribution in [3.63, 3.8) is 0 Å². The van der Waals surface area contributed by atoms with Crippen molar-refractivity contribution in [2.45, 2.75) is 6.92 Å². The third kappa shape index (κ3) is 4.17. The van der Waals surface area contributed by atoms with Gasteiger partial charge in [0.25, 0.3) is 0 Å². The first kappa shape index (κ1) is 18.8. The molecule has 0 aliphatic carbocycles. The van der Waals surface area contributed by atoms with E-state index in [0.717, 1.165) is 21.0 Å². The van der Waals surface area contributed by atoms with E-state index in [0.29, 0.717) is 11.3 Å². The Bertz CT molecular complexity index is 1260. The van der Waals surface area contributed by atoms with E-state index in [1.54, 1.807) is 60.0 Å². The summed E-state index contributed by atoms with van der Waals surface area (Å²) in [5.41, 5.74) is 2.27. The number of halogens is 1. The number of hydrogen-bond donors (Lipinski definition) is 1. The van der Waals surface area contributed by atoms with Crippen molar-refractivity contribution in [3.05, 3.63) is 105 Å². The first-order chi connectivity index (χ1) is 14.0. The molecule has 29 heavy (non-hydrogen) atoms. The number of nitrogens with zero attached hydrogens (tertiary/aromatic N) is 1. The van der Waals surface area contributed by atoms with Gasteiger partial charge in [-0.3, -0.25) is 9.36 Å². The van der Waals surface area contributed by atoms with Gasteiger partial charge in [-0.25, -0.2) is 9.18 Å². The number of H-pyrrole nitrogens is 1. The largest absolute Gasteiger partial charge is 0.330 e. The second-order valence-electron chi connectivity index (χ2n) is 6.55. The Morgan fingerprint density at radius 3 is 2.62 bits per heavy atom. The quantitative estimate of drug-likeness (QED) is 0.365. The SMILES string of the molecule is Cc1ccc(-c2cn(-c3cccc(C(=O)C=Cc4ccc(F)cc4)c3)c(=O)[nH]2)s1. The minimum Gasteiger partial charge on any atom is -0.305 e. The van der Waals surface area contributed by atoms with Gasteiger partial charge in [0.1, 0.15) is 5.82 Å². The van der Waals surface area contributed by atoms with Crippen LogP contribution in [0.2, 0.25) is 0 Å². The molecule has 0 amide bonds. The lowest BCUT2D eigenvalue weighted by Crippen LogP contribution is -2.14. The molecule has 0 radical (unpaired) electrons. The minimum absolute atomic E-state index is 0.200. The molecule has 0 saturated heterocycles. The molecule has 1 N–H and O–H groups in total. The van der Waals surface area contributed by atoms with Gasteiger partial charge in [-0.05, 0) is 55.0 Å². The molecule has 0 bridgehead atoms. The normalized spacial score (nSPS) is 11.2. The molecule has 144 valence electrons. The fraction of sp³-hybridized carbons (Fsp3) is 0.0435. The number of benzene rings is 2. The highest BCUT2D eigenvalue weighted by atomic mass is 32.1. The standard InChI is InChI=1S/C23H17FN2O2S/c1-15-5-12-22(29-15)20-14-26(23(28)25-20)19-4-2-3-17(13-19)21(27)11-8-16-6-9-18(24)10-7-16/h2-14H,1H3,(H,25,28). The highest BCUT2D eigenvalue weighted by Gasteiger charge is 2.10. The van der Waals surface area contributed by atoms with Crippen molar-refractivity contribution in [2.75, 3.05) is 0 Å². The Balaban J connectivity index is 1.60. The molecule has 0 spiro atoms. The van der Waals surface area contributed by atoms with Crippen LogP contribution < -0.4 is 5.69 Å². The lowest BCUT2D eigenvalue weighted by atomic mass is 10.1. The Labute approximate surface area is 170 Å². The van der Waals surface area contributed by atoms with Gasteiger partial charge in [-0.2, -0.15) is 0 Å². The minimum atomic E-state index is -0.324. The average Bonchev–Trinajstić information content (AvgIpc) is 3.33. The van der Waals surface area contributed by atoms with E-state index < -0.39 is 0 Å². The summed E-state index contributed by atoms with van der Waals surface area (Å²) < 4.78 is 14.5. The topological polar surface area (TPSA) is 54.9 Å². The number of nitrogens with one attached hydrogen (secondary N) is 1. The van der Waals surface area contributed by atoms with Gasteiger partial charge in [-0.1, -0.05) is 30.3 Å². The highest BCUT2D eigenvalue weighted by molar-refractivity contribution is 7.15. The smallest absolute Gasteiger partial charge is 0.305 e. The first-order valence-electron chi connectivity index (χ1n) is 8.96. The van der Waals surface area contributed by atoms with Gasteiger partial charge in [0.05, 0.1) is 16.3 Å². The zero-order valence-electron chi connectivity index (χ0n) is 15.6. The van der Waals surface area contributed by atoms with Crippen molar-refractivity contribution in [2.24, 2.45) is 0 Å². The summed E-state index contributed by atoms with van der Waals surface area (Å²) in [7, 11) is 0. The molecule has 4 aromatic rings. The molecule has 4 rings (SSSR count). The maximum absolute atomic E-state index is 13.0. The number of carbonyl (C=O) groups is 1. The van der Waals surface area contributed by atoms with Crippen LogP contribution in [0, 0.1) is 12.7 Å². The molecule has 0 aliphatic heterocycles. The lowest BCUT2D eigenvalue weighted by molar-refractivity contribution is 0.104. The molecule has 0 fully saturated rings. The number of carbonyl (C=O) groups excluding carboxylic acids is 1. The lowest BCUT2D eigenvalue weighted by Gasteiger charge is -2.03. The van der Waals surface area contributed by atoms with Crippen molar-refractivity contribution in [3.8, 4) is 16.3 Å². The van der Waals surface area contributed by atoms with E-state index in [-0.39, 0.29) is 17.3 Å². The Morgan fingerprint density at radius 1 is 1.10 bits per heavy atom. The number of thiophene rings is 1. The van der Waals surface area contributed by atoms with Crippen LogP contribution in [0.25, 0.3) is 22.3 Å².